The van der Waals surface area contributed by atoms with Gasteiger partial charge in [0.25, 0.3) is 0 Å². The zero-order valence-electron chi connectivity index (χ0n) is 10.8. The summed E-state index contributed by atoms with van der Waals surface area (Å²) in [6.07, 6.45) is 9.05. The molecular weight excluding hydrogens is 288 g/mol. The molecule has 0 saturated carbocycles. The third kappa shape index (κ3) is 3.32. The normalized spacial score (nSPS) is 19.6. The lowest BCUT2D eigenvalue weighted by atomic mass is 9.92. The minimum atomic E-state index is 0.218. The zero-order valence-corrected chi connectivity index (χ0v) is 12.4. The van der Waals surface area contributed by atoms with E-state index in [4.69, 9.17) is 0 Å². The summed E-state index contributed by atoms with van der Waals surface area (Å²) < 4.78 is 0.975. The van der Waals surface area contributed by atoms with E-state index in [1.165, 1.54) is 19.3 Å². The molecule has 0 atom stereocenters. The number of hydrogen-bond donors (Lipinski definition) is 0. The van der Waals surface area contributed by atoms with Crippen LogP contribution in [0.3, 0.4) is 0 Å². The Labute approximate surface area is 117 Å². The molecule has 0 fully saturated rings. The highest BCUT2D eigenvalue weighted by atomic mass is 79.9. The molecule has 96 valence electrons. The number of rotatable bonds is 2. The van der Waals surface area contributed by atoms with Crippen LogP contribution in [0.1, 0.15) is 54.4 Å². The second kappa shape index (κ2) is 6.33. The summed E-state index contributed by atoms with van der Waals surface area (Å²) in [5.74, 6) is 0.218. The summed E-state index contributed by atoms with van der Waals surface area (Å²) in [6, 6.07) is 5.93. The van der Waals surface area contributed by atoms with Crippen molar-refractivity contribution in [2.75, 3.05) is 0 Å². The van der Waals surface area contributed by atoms with Gasteiger partial charge in [-0.3, -0.25) is 4.79 Å². The van der Waals surface area contributed by atoms with E-state index in [2.05, 4.69) is 22.0 Å². The summed E-state index contributed by atoms with van der Waals surface area (Å²) >= 11 is 3.44. The predicted octanol–water partition coefficient (Wildman–Crippen LogP) is 5.22. The Balaban J connectivity index is 2.26. The minimum Gasteiger partial charge on any atom is -0.289 e. The molecule has 18 heavy (non-hydrogen) atoms. The van der Waals surface area contributed by atoms with Crippen LogP contribution < -0.4 is 0 Å². The van der Waals surface area contributed by atoms with Crippen molar-refractivity contribution in [1.29, 1.82) is 0 Å². The predicted molar refractivity (Wildman–Crippen MR) is 79.0 cm³/mol. The molecule has 0 aliphatic heterocycles. The topological polar surface area (TPSA) is 17.1 Å². The molecule has 0 spiro atoms. The lowest BCUT2D eigenvalue weighted by Gasteiger charge is -2.12. The van der Waals surface area contributed by atoms with Crippen LogP contribution in [0.15, 0.2) is 34.3 Å². The highest BCUT2D eigenvalue weighted by Gasteiger charge is 2.15. The smallest absolute Gasteiger partial charge is 0.188 e. The van der Waals surface area contributed by atoms with E-state index in [1.807, 2.05) is 25.1 Å². The van der Waals surface area contributed by atoms with Gasteiger partial charge in [-0.15, -0.1) is 0 Å². The Morgan fingerprint density at radius 2 is 1.94 bits per heavy atom. The lowest BCUT2D eigenvalue weighted by Crippen LogP contribution is -2.07. The maximum atomic E-state index is 12.5. The molecule has 0 unspecified atom stereocenters. The van der Waals surface area contributed by atoms with Crippen LogP contribution in [0.25, 0.3) is 0 Å². The molecule has 0 bridgehead atoms. The van der Waals surface area contributed by atoms with Gasteiger partial charge in [-0.25, -0.2) is 0 Å². The number of halogens is 1. The first kappa shape index (κ1) is 13.5. The SMILES string of the molecule is Cc1ccc(Br)cc1C(=O)/C1=C/CCCCCC1. The fraction of sp³-hybridized carbons (Fsp3) is 0.438. The van der Waals surface area contributed by atoms with Crippen molar-refractivity contribution in [3.05, 3.63) is 45.4 Å². The Morgan fingerprint density at radius 1 is 1.17 bits per heavy atom. The summed E-state index contributed by atoms with van der Waals surface area (Å²) in [6.45, 7) is 2.00. The maximum absolute atomic E-state index is 12.5. The quantitative estimate of drug-likeness (QED) is 0.685. The molecular formula is C16H19BrO. The van der Waals surface area contributed by atoms with Crippen molar-refractivity contribution in [3.63, 3.8) is 0 Å². The van der Waals surface area contributed by atoms with Crippen LogP contribution in [0.2, 0.25) is 0 Å². The summed E-state index contributed by atoms with van der Waals surface area (Å²) in [5.41, 5.74) is 2.92. The van der Waals surface area contributed by atoms with Crippen molar-refractivity contribution in [2.24, 2.45) is 0 Å². The summed E-state index contributed by atoms with van der Waals surface area (Å²) in [5, 5.41) is 0. The average Bonchev–Trinajstić information content (AvgIpc) is 2.31. The van der Waals surface area contributed by atoms with E-state index in [0.717, 1.165) is 40.4 Å². The van der Waals surface area contributed by atoms with Gasteiger partial charge in [-0.05, 0) is 55.9 Å². The standard InChI is InChI=1S/C16H19BrO/c1-12-9-10-14(17)11-15(12)16(18)13-7-5-3-2-4-6-8-13/h7,9-11H,2-6,8H2,1H3/b13-7+. The number of benzene rings is 1. The third-order valence-corrected chi connectivity index (χ3v) is 4.02. The van der Waals surface area contributed by atoms with Crippen LogP contribution in [-0.2, 0) is 0 Å². The molecule has 0 heterocycles. The fourth-order valence-electron chi connectivity index (χ4n) is 2.41. The van der Waals surface area contributed by atoms with Crippen molar-refractivity contribution >= 4 is 21.7 Å². The van der Waals surface area contributed by atoms with Crippen LogP contribution in [0.4, 0.5) is 0 Å². The largest absolute Gasteiger partial charge is 0.289 e. The Morgan fingerprint density at radius 3 is 2.78 bits per heavy atom. The first-order chi connectivity index (χ1) is 8.68. The zero-order chi connectivity index (χ0) is 13.0. The van der Waals surface area contributed by atoms with Gasteiger partial charge < -0.3 is 0 Å². The molecule has 2 rings (SSSR count). The van der Waals surface area contributed by atoms with Gasteiger partial charge in [0.05, 0.1) is 0 Å². The first-order valence-corrected chi connectivity index (χ1v) is 7.47. The Hall–Kier alpha value is -0.890. The van der Waals surface area contributed by atoms with Crippen molar-refractivity contribution in [3.8, 4) is 0 Å². The van der Waals surface area contributed by atoms with Crippen LogP contribution >= 0.6 is 15.9 Å². The van der Waals surface area contributed by atoms with E-state index in [1.54, 1.807) is 0 Å². The second-order valence-corrected chi connectivity index (χ2v) is 5.89. The number of hydrogen-bond acceptors (Lipinski definition) is 1. The van der Waals surface area contributed by atoms with Gasteiger partial charge in [-0.1, -0.05) is 40.9 Å². The number of Topliss-reactive ketones (excluding diaryl/α,β-unsaturated/α-hetero) is 1. The molecule has 1 aliphatic carbocycles. The van der Waals surface area contributed by atoms with Crippen LogP contribution in [0.5, 0.6) is 0 Å². The van der Waals surface area contributed by atoms with E-state index in [9.17, 15) is 4.79 Å². The monoisotopic (exact) mass is 306 g/mol. The van der Waals surface area contributed by atoms with E-state index < -0.39 is 0 Å². The van der Waals surface area contributed by atoms with Gasteiger partial charge in [0.2, 0.25) is 0 Å². The van der Waals surface area contributed by atoms with Crippen molar-refractivity contribution in [2.45, 2.75) is 45.4 Å². The summed E-state index contributed by atoms with van der Waals surface area (Å²) in [4.78, 5) is 12.5. The van der Waals surface area contributed by atoms with E-state index in [-0.39, 0.29) is 5.78 Å². The Bertz CT molecular complexity index is 474. The summed E-state index contributed by atoms with van der Waals surface area (Å²) in [7, 11) is 0. The van der Waals surface area contributed by atoms with Gasteiger partial charge in [-0.2, -0.15) is 0 Å². The molecule has 1 aliphatic rings. The molecule has 0 amide bonds. The molecule has 1 aromatic rings. The molecule has 0 radical (unpaired) electrons. The molecule has 0 N–H and O–H groups in total. The number of ketones is 1. The van der Waals surface area contributed by atoms with Crippen molar-refractivity contribution in [1.82, 2.24) is 0 Å². The average molecular weight is 307 g/mol. The molecule has 0 saturated heterocycles. The van der Waals surface area contributed by atoms with Crippen molar-refractivity contribution < 1.29 is 4.79 Å². The Kier molecular flexibility index (Phi) is 4.76. The van der Waals surface area contributed by atoms with E-state index in [0.29, 0.717) is 0 Å². The second-order valence-electron chi connectivity index (χ2n) is 4.97. The van der Waals surface area contributed by atoms with Gasteiger partial charge in [0.15, 0.2) is 5.78 Å². The van der Waals surface area contributed by atoms with Gasteiger partial charge >= 0.3 is 0 Å². The molecule has 1 nitrogen and oxygen atoms in total. The minimum absolute atomic E-state index is 0.218. The van der Waals surface area contributed by atoms with E-state index >= 15 is 0 Å². The number of aryl methyl sites for hydroxylation is 1. The fourth-order valence-corrected chi connectivity index (χ4v) is 2.77. The third-order valence-electron chi connectivity index (χ3n) is 3.53. The molecule has 0 aromatic heterocycles. The highest BCUT2D eigenvalue weighted by molar-refractivity contribution is 9.10. The van der Waals surface area contributed by atoms with Gasteiger partial charge in [0, 0.05) is 10.0 Å². The van der Waals surface area contributed by atoms with Gasteiger partial charge in [0.1, 0.15) is 0 Å². The number of carbonyl (C=O) groups excluding carboxylic acids is 1. The first-order valence-electron chi connectivity index (χ1n) is 6.68. The lowest BCUT2D eigenvalue weighted by molar-refractivity contribution is 0.102. The number of allylic oxidation sites excluding steroid dienone is 2. The van der Waals surface area contributed by atoms with Crippen LogP contribution in [-0.4, -0.2) is 5.78 Å². The highest BCUT2D eigenvalue weighted by Crippen LogP contribution is 2.24. The maximum Gasteiger partial charge on any atom is 0.188 e. The van der Waals surface area contributed by atoms with Crippen LogP contribution in [0, 0.1) is 6.92 Å². The molecule has 2 heteroatoms. The molecule has 1 aromatic carbocycles. The number of carbonyl (C=O) groups is 1.